The third kappa shape index (κ3) is 12.6. The molecule has 5 nitrogen and oxygen atoms in total. The van der Waals surface area contributed by atoms with Crippen LogP contribution < -0.4 is 0 Å². The minimum Gasteiger partial charge on any atom is -0.505 e. The zero-order valence-electron chi connectivity index (χ0n) is 17.3. The van der Waals surface area contributed by atoms with E-state index in [1.165, 1.54) is 31.8 Å². The molecule has 0 aliphatic carbocycles. The van der Waals surface area contributed by atoms with Gasteiger partial charge in [0.1, 0.15) is 5.60 Å². The first-order chi connectivity index (χ1) is 12.9. The van der Waals surface area contributed by atoms with Crippen molar-refractivity contribution < 1.29 is 24.9 Å². The van der Waals surface area contributed by atoms with Crippen LogP contribution in [0, 0.1) is 0 Å². The van der Waals surface area contributed by atoms with E-state index in [9.17, 15) is 19.8 Å². The SMILES string of the molecule is CCCCCCCCC/C=C(\O)C(=O)C(O)(CCCCCCC)CC(=O)O. The molecule has 0 amide bonds. The van der Waals surface area contributed by atoms with E-state index in [4.69, 9.17) is 5.11 Å². The van der Waals surface area contributed by atoms with E-state index >= 15 is 0 Å². The van der Waals surface area contributed by atoms with Crippen molar-refractivity contribution in [1.29, 1.82) is 0 Å². The van der Waals surface area contributed by atoms with Gasteiger partial charge in [-0.15, -0.1) is 0 Å². The number of carbonyl (C=O) groups excluding carboxylic acids is 1. The number of allylic oxidation sites excluding steroid dienone is 1. The molecule has 0 aliphatic heterocycles. The van der Waals surface area contributed by atoms with Crippen molar-refractivity contribution in [1.82, 2.24) is 0 Å². The lowest BCUT2D eigenvalue weighted by atomic mass is 9.87. The fourth-order valence-corrected chi connectivity index (χ4v) is 3.22. The van der Waals surface area contributed by atoms with Gasteiger partial charge in [0.05, 0.1) is 6.42 Å². The summed E-state index contributed by atoms with van der Waals surface area (Å²) < 4.78 is 0. The van der Waals surface area contributed by atoms with Crippen molar-refractivity contribution in [3.8, 4) is 0 Å². The molecule has 27 heavy (non-hydrogen) atoms. The van der Waals surface area contributed by atoms with Crippen molar-refractivity contribution in [3.05, 3.63) is 11.8 Å². The van der Waals surface area contributed by atoms with Gasteiger partial charge in [-0.25, -0.2) is 0 Å². The highest BCUT2D eigenvalue weighted by Crippen LogP contribution is 2.24. The maximum absolute atomic E-state index is 12.4. The summed E-state index contributed by atoms with van der Waals surface area (Å²) in [5.41, 5.74) is -2.02. The van der Waals surface area contributed by atoms with E-state index in [1.54, 1.807) is 0 Å². The van der Waals surface area contributed by atoms with Crippen LogP contribution in [0.3, 0.4) is 0 Å². The zero-order valence-corrected chi connectivity index (χ0v) is 17.3. The molecular formula is C22H40O5. The number of Topliss-reactive ketones (excluding diaryl/α,β-unsaturated/α-hetero) is 1. The number of aliphatic carboxylic acids is 1. The molecule has 0 heterocycles. The lowest BCUT2D eigenvalue weighted by molar-refractivity contribution is -0.151. The largest absolute Gasteiger partial charge is 0.505 e. The van der Waals surface area contributed by atoms with E-state index in [0.29, 0.717) is 12.8 Å². The van der Waals surface area contributed by atoms with Crippen LogP contribution in [-0.2, 0) is 9.59 Å². The second-order valence-electron chi connectivity index (χ2n) is 7.59. The van der Waals surface area contributed by atoms with E-state index in [-0.39, 0.29) is 6.42 Å². The van der Waals surface area contributed by atoms with E-state index < -0.39 is 29.5 Å². The first-order valence-corrected chi connectivity index (χ1v) is 10.8. The van der Waals surface area contributed by atoms with Crippen LogP contribution in [0.5, 0.6) is 0 Å². The molecule has 0 spiro atoms. The number of carboxylic acids is 1. The highest BCUT2D eigenvalue weighted by molar-refractivity contribution is 6.01. The van der Waals surface area contributed by atoms with Gasteiger partial charge in [0.15, 0.2) is 5.76 Å². The summed E-state index contributed by atoms with van der Waals surface area (Å²) >= 11 is 0. The monoisotopic (exact) mass is 384 g/mol. The van der Waals surface area contributed by atoms with Crippen molar-refractivity contribution in [2.75, 3.05) is 0 Å². The Bertz CT molecular complexity index is 444. The average Bonchev–Trinajstić information content (AvgIpc) is 2.62. The van der Waals surface area contributed by atoms with Crippen molar-refractivity contribution in [2.24, 2.45) is 0 Å². The molecule has 1 atom stereocenters. The van der Waals surface area contributed by atoms with Crippen LogP contribution in [0.25, 0.3) is 0 Å². The van der Waals surface area contributed by atoms with Crippen LogP contribution in [0.1, 0.15) is 110 Å². The van der Waals surface area contributed by atoms with Gasteiger partial charge in [-0.2, -0.15) is 0 Å². The van der Waals surface area contributed by atoms with E-state index in [0.717, 1.165) is 44.9 Å². The van der Waals surface area contributed by atoms with Gasteiger partial charge in [-0.3, -0.25) is 9.59 Å². The molecule has 0 aliphatic rings. The highest BCUT2D eigenvalue weighted by atomic mass is 16.4. The summed E-state index contributed by atoms with van der Waals surface area (Å²) in [6, 6.07) is 0. The Morgan fingerprint density at radius 3 is 1.78 bits per heavy atom. The number of carbonyl (C=O) groups is 2. The number of rotatable bonds is 18. The Balaban J connectivity index is 4.46. The number of aliphatic hydroxyl groups excluding tert-OH is 1. The van der Waals surface area contributed by atoms with Crippen molar-refractivity contribution >= 4 is 11.8 Å². The Morgan fingerprint density at radius 1 is 0.778 bits per heavy atom. The third-order valence-corrected chi connectivity index (χ3v) is 4.94. The number of aliphatic hydroxyl groups is 2. The number of carboxylic acid groups (broad SMARTS) is 1. The Hall–Kier alpha value is -1.36. The Kier molecular flexibility index (Phi) is 14.9. The summed E-state index contributed by atoms with van der Waals surface area (Å²) in [6.45, 7) is 4.28. The number of hydrogen-bond acceptors (Lipinski definition) is 4. The first-order valence-electron chi connectivity index (χ1n) is 10.8. The summed E-state index contributed by atoms with van der Waals surface area (Å²) in [5.74, 6) is -2.60. The summed E-state index contributed by atoms with van der Waals surface area (Å²) in [4.78, 5) is 23.5. The van der Waals surface area contributed by atoms with Crippen LogP contribution in [-0.4, -0.2) is 32.7 Å². The maximum Gasteiger partial charge on any atom is 0.306 e. The second kappa shape index (κ2) is 15.7. The molecule has 0 aromatic carbocycles. The third-order valence-electron chi connectivity index (χ3n) is 4.94. The van der Waals surface area contributed by atoms with Gasteiger partial charge in [0.2, 0.25) is 5.78 Å². The lowest BCUT2D eigenvalue weighted by Gasteiger charge is -2.24. The molecule has 0 fully saturated rings. The van der Waals surface area contributed by atoms with Crippen LogP contribution >= 0.6 is 0 Å². The molecular weight excluding hydrogens is 344 g/mol. The molecule has 0 aromatic rings. The average molecular weight is 385 g/mol. The smallest absolute Gasteiger partial charge is 0.306 e. The van der Waals surface area contributed by atoms with Gasteiger partial charge < -0.3 is 15.3 Å². The second-order valence-corrected chi connectivity index (χ2v) is 7.59. The maximum atomic E-state index is 12.4. The molecule has 0 rings (SSSR count). The van der Waals surface area contributed by atoms with Gasteiger partial charge >= 0.3 is 5.97 Å². The first kappa shape index (κ1) is 25.6. The molecule has 0 saturated heterocycles. The number of unbranched alkanes of at least 4 members (excludes halogenated alkanes) is 11. The minimum absolute atomic E-state index is 0.0666. The topological polar surface area (TPSA) is 94.8 Å². The summed E-state index contributed by atoms with van der Waals surface area (Å²) in [5, 5.41) is 29.6. The molecule has 5 heteroatoms. The quantitative estimate of drug-likeness (QED) is 0.160. The number of ketones is 1. The molecule has 1 unspecified atom stereocenters. The predicted molar refractivity (Wildman–Crippen MR) is 109 cm³/mol. The van der Waals surface area contributed by atoms with Crippen LogP contribution in [0.2, 0.25) is 0 Å². The molecule has 158 valence electrons. The molecule has 0 bridgehead atoms. The molecule has 0 saturated carbocycles. The van der Waals surface area contributed by atoms with Gasteiger partial charge in [0, 0.05) is 0 Å². The van der Waals surface area contributed by atoms with Gasteiger partial charge in [-0.05, 0) is 25.3 Å². The minimum atomic E-state index is -2.02. The van der Waals surface area contributed by atoms with Crippen LogP contribution in [0.4, 0.5) is 0 Å². The standard InChI is InChI=1S/C22H40O5/c1-3-5-7-9-10-11-12-14-16-19(23)21(26)22(27,18-20(24)25)17-15-13-8-6-4-2/h16,23,27H,3-15,17-18H2,1-2H3,(H,24,25)/b19-16-. The van der Waals surface area contributed by atoms with Gasteiger partial charge in [0.25, 0.3) is 0 Å². The van der Waals surface area contributed by atoms with Crippen LogP contribution in [0.15, 0.2) is 11.8 Å². The summed E-state index contributed by atoms with van der Waals surface area (Å²) in [7, 11) is 0. The number of hydrogen-bond donors (Lipinski definition) is 3. The molecule has 0 radical (unpaired) electrons. The van der Waals surface area contributed by atoms with Crippen molar-refractivity contribution in [3.63, 3.8) is 0 Å². The lowest BCUT2D eigenvalue weighted by Crippen LogP contribution is -2.41. The summed E-state index contributed by atoms with van der Waals surface area (Å²) in [6.07, 6.45) is 13.9. The Morgan fingerprint density at radius 2 is 1.26 bits per heavy atom. The van der Waals surface area contributed by atoms with E-state index in [2.05, 4.69) is 13.8 Å². The van der Waals surface area contributed by atoms with Crippen molar-refractivity contribution in [2.45, 2.75) is 116 Å². The molecule has 0 aromatic heterocycles. The highest BCUT2D eigenvalue weighted by Gasteiger charge is 2.39. The fourth-order valence-electron chi connectivity index (χ4n) is 3.22. The van der Waals surface area contributed by atoms with E-state index in [1.807, 2.05) is 0 Å². The normalized spacial score (nSPS) is 14.1. The fraction of sp³-hybridized carbons (Fsp3) is 0.818. The predicted octanol–water partition coefficient (Wildman–Crippen LogP) is 5.70. The molecule has 3 N–H and O–H groups in total. The van der Waals surface area contributed by atoms with Gasteiger partial charge in [-0.1, -0.05) is 84.5 Å². The zero-order chi connectivity index (χ0) is 20.5. The Labute approximate surface area is 164 Å².